The van der Waals surface area contributed by atoms with Crippen LogP contribution in [0.2, 0.25) is 0 Å². The molecule has 0 saturated carbocycles. The minimum atomic E-state index is -0.248. The van der Waals surface area contributed by atoms with Gasteiger partial charge in [0.1, 0.15) is 5.75 Å². The Morgan fingerprint density at radius 2 is 2.00 bits per heavy atom. The monoisotopic (exact) mass is 399 g/mol. The first-order valence-electron chi connectivity index (χ1n) is 9.65. The molecule has 0 aliphatic heterocycles. The Bertz CT molecular complexity index is 1170. The van der Waals surface area contributed by atoms with E-state index in [4.69, 9.17) is 9.15 Å². The zero-order chi connectivity index (χ0) is 20.9. The van der Waals surface area contributed by atoms with Gasteiger partial charge in [0.05, 0.1) is 24.8 Å². The van der Waals surface area contributed by atoms with Crippen molar-refractivity contribution < 1.29 is 13.9 Å². The maximum Gasteiger partial charge on any atom is 0.257 e. The summed E-state index contributed by atoms with van der Waals surface area (Å²) >= 11 is 0. The Morgan fingerprint density at radius 3 is 2.77 bits per heavy atom. The number of carbonyl (C=O) groups excluding carboxylic acids is 1. The number of nitrogens with zero attached hydrogens (tertiary/aromatic N) is 2. The number of aryl methyl sites for hydroxylation is 1. The van der Waals surface area contributed by atoms with Gasteiger partial charge in [0.25, 0.3) is 5.91 Å². The first kappa shape index (κ1) is 19.4. The zero-order valence-corrected chi connectivity index (χ0v) is 16.8. The summed E-state index contributed by atoms with van der Waals surface area (Å²) in [6.07, 6.45) is 6.79. The van der Waals surface area contributed by atoms with E-state index in [-0.39, 0.29) is 5.91 Å². The molecule has 4 aromatic rings. The number of hydrogen-bond donors (Lipinski definition) is 1. The third-order valence-electron chi connectivity index (χ3n) is 4.68. The summed E-state index contributed by atoms with van der Waals surface area (Å²) in [6, 6.07) is 14.7. The van der Waals surface area contributed by atoms with Crippen LogP contribution in [0.5, 0.6) is 5.75 Å². The molecule has 0 saturated heterocycles. The Hall–Kier alpha value is -3.93. The quantitative estimate of drug-likeness (QED) is 0.472. The SMILES string of the molecule is CCOc1cnc(-c2cnccc2C)cc1-c1cccc(C(=O)Nc2ccco2)c1. The van der Waals surface area contributed by atoms with Crippen LogP contribution < -0.4 is 10.1 Å². The minimum Gasteiger partial charge on any atom is -0.492 e. The predicted octanol–water partition coefficient (Wildman–Crippen LogP) is 5.36. The van der Waals surface area contributed by atoms with Crippen molar-refractivity contribution in [2.75, 3.05) is 11.9 Å². The molecule has 6 heteroatoms. The zero-order valence-electron chi connectivity index (χ0n) is 16.8. The molecule has 6 nitrogen and oxygen atoms in total. The van der Waals surface area contributed by atoms with Crippen LogP contribution in [0, 0.1) is 6.92 Å². The summed E-state index contributed by atoms with van der Waals surface area (Å²) < 4.78 is 11.0. The summed E-state index contributed by atoms with van der Waals surface area (Å²) in [6.45, 7) is 4.46. The number of anilines is 1. The molecule has 1 amide bonds. The lowest BCUT2D eigenvalue weighted by Crippen LogP contribution is -2.11. The second kappa shape index (κ2) is 8.61. The van der Waals surface area contributed by atoms with Crippen molar-refractivity contribution >= 4 is 11.8 Å². The van der Waals surface area contributed by atoms with Crippen LogP contribution in [0.3, 0.4) is 0 Å². The first-order valence-corrected chi connectivity index (χ1v) is 9.65. The topological polar surface area (TPSA) is 77.2 Å². The van der Waals surface area contributed by atoms with E-state index in [0.29, 0.717) is 23.8 Å². The minimum absolute atomic E-state index is 0.248. The van der Waals surface area contributed by atoms with E-state index in [1.54, 1.807) is 36.8 Å². The number of pyridine rings is 2. The third-order valence-corrected chi connectivity index (χ3v) is 4.68. The van der Waals surface area contributed by atoms with Gasteiger partial charge in [-0.25, -0.2) is 0 Å². The maximum absolute atomic E-state index is 12.6. The molecule has 0 fully saturated rings. The molecule has 1 aromatic carbocycles. The molecule has 4 rings (SSSR count). The van der Waals surface area contributed by atoms with E-state index < -0.39 is 0 Å². The van der Waals surface area contributed by atoms with Gasteiger partial charge in [0.15, 0.2) is 5.88 Å². The lowest BCUT2D eigenvalue weighted by atomic mass is 9.99. The lowest BCUT2D eigenvalue weighted by molar-refractivity contribution is 0.102. The fraction of sp³-hybridized carbons (Fsp3) is 0.125. The smallest absolute Gasteiger partial charge is 0.257 e. The van der Waals surface area contributed by atoms with Gasteiger partial charge in [-0.3, -0.25) is 20.1 Å². The van der Waals surface area contributed by atoms with Crippen molar-refractivity contribution in [1.82, 2.24) is 9.97 Å². The van der Waals surface area contributed by atoms with Crippen molar-refractivity contribution in [3.63, 3.8) is 0 Å². The predicted molar refractivity (Wildman–Crippen MR) is 115 cm³/mol. The average molecular weight is 399 g/mol. The summed E-state index contributed by atoms with van der Waals surface area (Å²) in [5.41, 5.74) is 5.06. The van der Waals surface area contributed by atoms with E-state index in [9.17, 15) is 4.79 Å². The van der Waals surface area contributed by atoms with E-state index in [2.05, 4.69) is 15.3 Å². The average Bonchev–Trinajstić information content (AvgIpc) is 3.28. The van der Waals surface area contributed by atoms with Gasteiger partial charge < -0.3 is 9.15 Å². The molecule has 3 aromatic heterocycles. The Kier molecular flexibility index (Phi) is 5.57. The van der Waals surface area contributed by atoms with Crippen LogP contribution >= 0.6 is 0 Å². The second-order valence-corrected chi connectivity index (χ2v) is 6.70. The molecular weight excluding hydrogens is 378 g/mol. The molecule has 30 heavy (non-hydrogen) atoms. The van der Waals surface area contributed by atoms with Crippen LogP contribution in [-0.4, -0.2) is 22.5 Å². The molecule has 0 atom stereocenters. The number of aromatic nitrogens is 2. The van der Waals surface area contributed by atoms with Gasteiger partial charge in [-0.1, -0.05) is 12.1 Å². The highest BCUT2D eigenvalue weighted by atomic mass is 16.5. The van der Waals surface area contributed by atoms with Gasteiger partial charge in [-0.2, -0.15) is 0 Å². The molecule has 150 valence electrons. The van der Waals surface area contributed by atoms with E-state index in [1.165, 1.54) is 6.26 Å². The normalized spacial score (nSPS) is 10.6. The molecule has 0 aliphatic carbocycles. The Balaban J connectivity index is 1.74. The van der Waals surface area contributed by atoms with Gasteiger partial charge in [0.2, 0.25) is 0 Å². The fourth-order valence-corrected chi connectivity index (χ4v) is 3.18. The summed E-state index contributed by atoms with van der Waals surface area (Å²) in [5.74, 6) is 0.812. The maximum atomic E-state index is 12.6. The molecule has 3 heterocycles. The van der Waals surface area contributed by atoms with Crippen LogP contribution in [0.4, 0.5) is 5.88 Å². The number of nitrogens with one attached hydrogen (secondary N) is 1. The summed E-state index contributed by atoms with van der Waals surface area (Å²) in [7, 11) is 0. The molecule has 0 bridgehead atoms. The van der Waals surface area contributed by atoms with Crippen molar-refractivity contribution in [2.45, 2.75) is 13.8 Å². The van der Waals surface area contributed by atoms with Crippen LogP contribution in [0.15, 0.2) is 77.8 Å². The highest BCUT2D eigenvalue weighted by Crippen LogP contribution is 2.34. The number of benzene rings is 1. The molecular formula is C24H21N3O3. The largest absolute Gasteiger partial charge is 0.492 e. The molecule has 0 radical (unpaired) electrons. The number of ether oxygens (including phenoxy) is 1. The van der Waals surface area contributed by atoms with Gasteiger partial charge in [0, 0.05) is 35.2 Å². The molecule has 0 aliphatic rings. The number of rotatable bonds is 6. The summed E-state index contributed by atoms with van der Waals surface area (Å²) in [5, 5.41) is 2.74. The molecule has 0 unspecified atom stereocenters. The Morgan fingerprint density at radius 1 is 1.10 bits per heavy atom. The van der Waals surface area contributed by atoms with E-state index >= 15 is 0 Å². The van der Waals surface area contributed by atoms with Crippen molar-refractivity contribution in [3.05, 3.63) is 84.5 Å². The van der Waals surface area contributed by atoms with Crippen molar-refractivity contribution in [1.29, 1.82) is 0 Å². The Labute approximate surface area is 174 Å². The molecule has 1 N–H and O–H groups in total. The highest BCUT2D eigenvalue weighted by Gasteiger charge is 2.14. The summed E-state index contributed by atoms with van der Waals surface area (Å²) in [4.78, 5) is 21.4. The van der Waals surface area contributed by atoms with Gasteiger partial charge >= 0.3 is 0 Å². The highest BCUT2D eigenvalue weighted by molar-refractivity contribution is 6.04. The van der Waals surface area contributed by atoms with Crippen LogP contribution in [0.1, 0.15) is 22.8 Å². The van der Waals surface area contributed by atoms with Crippen molar-refractivity contribution in [3.8, 4) is 28.1 Å². The number of furan rings is 1. The van der Waals surface area contributed by atoms with Crippen molar-refractivity contribution in [2.24, 2.45) is 0 Å². The number of carbonyl (C=O) groups is 1. The van der Waals surface area contributed by atoms with Gasteiger partial charge in [-0.05, 0) is 55.3 Å². The number of hydrogen-bond acceptors (Lipinski definition) is 5. The number of amides is 1. The van der Waals surface area contributed by atoms with E-state index in [0.717, 1.165) is 27.9 Å². The molecule has 0 spiro atoms. The van der Waals surface area contributed by atoms with Gasteiger partial charge in [-0.15, -0.1) is 0 Å². The fourth-order valence-electron chi connectivity index (χ4n) is 3.18. The first-order chi connectivity index (χ1) is 14.7. The van der Waals surface area contributed by atoms with Crippen LogP contribution in [-0.2, 0) is 0 Å². The van der Waals surface area contributed by atoms with Crippen LogP contribution in [0.25, 0.3) is 22.4 Å². The van der Waals surface area contributed by atoms with E-state index in [1.807, 2.05) is 44.2 Å². The standard InChI is InChI=1S/C24H21N3O3/c1-3-29-22-15-26-21(20-14-25-10-9-16(20)2)13-19(22)17-6-4-7-18(12-17)24(28)27-23-8-5-11-30-23/h4-15H,3H2,1-2H3,(H,27,28). The second-order valence-electron chi connectivity index (χ2n) is 6.70. The lowest BCUT2D eigenvalue weighted by Gasteiger charge is -2.13. The third kappa shape index (κ3) is 4.07.